The van der Waals surface area contributed by atoms with Gasteiger partial charge in [-0.15, -0.1) is 6.42 Å². The van der Waals surface area contributed by atoms with Gasteiger partial charge < -0.3 is 5.21 Å². The Kier molecular flexibility index (Phi) is 5.31. The fraction of sp³-hybridized carbons (Fsp3) is 0.609. The Hall–Kier alpha value is -1.79. The zero-order valence-electron chi connectivity index (χ0n) is 15.7. The van der Waals surface area contributed by atoms with Gasteiger partial charge in [0.05, 0.1) is 12.3 Å². The van der Waals surface area contributed by atoms with Crippen LogP contribution >= 0.6 is 0 Å². The highest BCUT2D eigenvalue weighted by molar-refractivity contribution is 6.03. The molecule has 1 aromatic rings. The third-order valence-corrected chi connectivity index (χ3v) is 6.52. The predicted octanol–water partition coefficient (Wildman–Crippen LogP) is 4.24. The summed E-state index contributed by atoms with van der Waals surface area (Å²) < 4.78 is 0. The van der Waals surface area contributed by atoms with Gasteiger partial charge in [-0.05, 0) is 86.6 Å². The van der Waals surface area contributed by atoms with E-state index >= 15 is 0 Å². The maximum absolute atomic E-state index is 9.58. The molecule has 26 heavy (non-hydrogen) atoms. The topological polar surface area (TPSA) is 35.8 Å². The summed E-state index contributed by atoms with van der Waals surface area (Å²) in [5.74, 6) is 4.46. The van der Waals surface area contributed by atoms with Gasteiger partial charge >= 0.3 is 0 Å². The first-order chi connectivity index (χ1) is 12.8. The van der Waals surface area contributed by atoms with Crippen molar-refractivity contribution < 1.29 is 5.21 Å². The Labute approximate surface area is 157 Å². The first-order valence-electron chi connectivity index (χ1n) is 10.3. The number of piperidine rings is 1. The van der Waals surface area contributed by atoms with Gasteiger partial charge in [0.1, 0.15) is 0 Å². The lowest BCUT2D eigenvalue weighted by molar-refractivity contribution is 0.198. The number of likely N-dealkylation sites (tertiary alicyclic amines) is 1. The first-order valence-corrected chi connectivity index (χ1v) is 10.3. The van der Waals surface area contributed by atoms with Gasteiger partial charge in [0.25, 0.3) is 0 Å². The molecule has 3 aliphatic rings. The molecule has 1 N–H and O–H groups in total. The van der Waals surface area contributed by atoms with Gasteiger partial charge in [0, 0.05) is 5.56 Å². The maximum atomic E-state index is 9.58. The van der Waals surface area contributed by atoms with Crippen molar-refractivity contribution in [2.45, 2.75) is 57.8 Å². The number of nitrogens with zero attached hydrogens (tertiary/aromatic N) is 2. The van der Waals surface area contributed by atoms with Crippen LogP contribution in [0.3, 0.4) is 0 Å². The van der Waals surface area contributed by atoms with Crippen molar-refractivity contribution in [1.82, 2.24) is 4.90 Å². The molecule has 138 valence electrons. The van der Waals surface area contributed by atoms with E-state index in [1.807, 2.05) is 0 Å². The molecule has 2 fully saturated rings. The van der Waals surface area contributed by atoms with Crippen LogP contribution < -0.4 is 0 Å². The second-order valence-corrected chi connectivity index (χ2v) is 8.40. The Morgan fingerprint density at radius 2 is 1.88 bits per heavy atom. The van der Waals surface area contributed by atoms with Crippen LogP contribution in [0.2, 0.25) is 0 Å². The van der Waals surface area contributed by atoms with Gasteiger partial charge in [-0.2, -0.15) is 0 Å². The van der Waals surface area contributed by atoms with Crippen LogP contribution in [-0.4, -0.2) is 35.5 Å². The lowest BCUT2D eigenvalue weighted by Gasteiger charge is -2.30. The minimum atomic E-state index is 0.724. The van der Waals surface area contributed by atoms with Crippen LogP contribution in [0, 0.1) is 24.2 Å². The van der Waals surface area contributed by atoms with Crippen molar-refractivity contribution >= 4 is 5.71 Å². The van der Waals surface area contributed by atoms with E-state index in [9.17, 15) is 5.21 Å². The van der Waals surface area contributed by atoms with Crippen molar-refractivity contribution in [1.29, 1.82) is 0 Å². The third-order valence-electron chi connectivity index (χ3n) is 6.52. The zero-order chi connectivity index (χ0) is 17.9. The molecule has 0 aromatic heterocycles. The fourth-order valence-electron chi connectivity index (χ4n) is 4.50. The monoisotopic (exact) mass is 350 g/mol. The molecule has 1 saturated carbocycles. The molecule has 3 nitrogen and oxygen atoms in total. The number of oxime groups is 1. The van der Waals surface area contributed by atoms with E-state index < -0.39 is 0 Å². The summed E-state index contributed by atoms with van der Waals surface area (Å²) in [7, 11) is 0. The second-order valence-electron chi connectivity index (χ2n) is 8.40. The molecule has 0 amide bonds. The fourth-order valence-corrected chi connectivity index (χ4v) is 4.50. The minimum Gasteiger partial charge on any atom is -0.411 e. The Morgan fingerprint density at radius 1 is 1.12 bits per heavy atom. The quantitative estimate of drug-likeness (QED) is 0.335. The summed E-state index contributed by atoms with van der Waals surface area (Å²) >= 11 is 0. The molecule has 0 spiro atoms. The molecular formula is C23H30N2O. The molecule has 3 heteroatoms. The summed E-state index contributed by atoms with van der Waals surface area (Å²) in [6, 6.07) is 4.49. The summed E-state index contributed by atoms with van der Waals surface area (Å²) in [6.45, 7) is 2.98. The van der Waals surface area contributed by atoms with Gasteiger partial charge in [-0.25, -0.2) is 0 Å². The summed E-state index contributed by atoms with van der Waals surface area (Å²) in [5.41, 5.74) is 6.59. The number of hydrogen-bond acceptors (Lipinski definition) is 3. The molecule has 4 rings (SSSR count). The molecule has 1 aliphatic heterocycles. The Bertz CT molecular complexity index is 718. The summed E-state index contributed by atoms with van der Waals surface area (Å²) in [5, 5.41) is 13.3. The average molecular weight is 351 g/mol. The highest BCUT2D eigenvalue weighted by atomic mass is 16.4. The molecule has 1 aromatic carbocycles. The molecule has 0 unspecified atom stereocenters. The van der Waals surface area contributed by atoms with E-state index in [1.54, 1.807) is 0 Å². The summed E-state index contributed by atoms with van der Waals surface area (Å²) in [6.07, 6.45) is 16.4. The third kappa shape index (κ3) is 4.13. The standard InChI is InChI=1S/C23H30N2O/c1-2-13-25-14-11-18(12-15-25)6-10-23(24-26)20-9-8-19(21-16-22(20)21)7-5-17-3-4-17/h1,8-9,17-18,26H,3-7,10-16H2/b24-23-. The summed E-state index contributed by atoms with van der Waals surface area (Å²) in [4.78, 5) is 2.36. The highest BCUT2D eigenvalue weighted by Crippen LogP contribution is 2.39. The minimum absolute atomic E-state index is 0.724. The first kappa shape index (κ1) is 17.6. The largest absolute Gasteiger partial charge is 0.411 e. The number of fused-ring (bicyclic) bond motifs is 1. The predicted molar refractivity (Wildman–Crippen MR) is 106 cm³/mol. The lowest BCUT2D eigenvalue weighted by Crippen LogP contribution is -2.34. The van der Waals surface area contributed by atoms with E-state index in [2.05, 4.69) is 28.1 Å². The van der Waals surface area contributed by atoms with E-state index in [1.165, 1.54) is 60.8 Å². The van der Waals surface area contributed by atoms with Crippen LogP contribution in [0.5, 0.6) is 0 Å². The van der Waals surface area contributed by atoms with Crippen LogP contribution in [0.1, 0.15) is 67.2 Å². The molecule has 0 bridgehead atoms. The van der Waals surface area contributed by atoms with Gasteiger partial charge in [-0.3, -0.25) is 4.90 Å². The van der Waals surface area contributed by atoms with Gasteiger partial charge in [-0.1, -0.05) is 36.1 Å². The van der Waals surface area contributed by atoms with E-state index in [4.69, 9.17) is 6.42 Å². The van der Waals surface area contributed by atoms with Crippen LogP contribution in [0.15, 0.2) is 17.3 Å². The van der Waals surface area contributed by atoms with Gasteiger partial charge in [0.2, 0.25) is 0 Å². The SMILES string of the molecule is C#CCN1CCC(CC/C(=N/O)c2ccc(CCC3CC3)c3c2C3)CC1. The van der Waals surface area contributed by atoms with E-state index in [-0.39, 0.29) is 0 Å². The zero-order valence-corrected chi connectivity index (χ0v) is 15.7. The van der Waals surface area contributed by atoms with E-state index in [0.717, 1.165) is 56.4 Å². The van der Waals surface area contributed by atoms with Crippen molar-refractivity contribution in [3.63, 3.8) is 0 Å². The second kappa shape index (κ2) is 7.84. The highest BCUT2D eigenvalue weighted by Gasteiger charge is 2.29. The van der Waals surface area contributed by atoms with Crippen molar-refractivity contribution in [2.24, 2.45) is 17.0 Å². The number of aryl methyl sites for hydroxylation is 1. The molecule has 0 radical (unpaired) electrons. The number of hydrogen-bond donors (Lipinski definition) is 1. The van der Waals surface area contributed by atoms with E-state index in [0.29, 0.717) is 0 Å². The number of terminal acetylenes is 1. The average Bonchev–Trinajstić information content (AvgIpc) is 3.56. The smallest absolute Gasteiger partial charge is 0.0870 e. The van der Waals surface area contributed by atoms with Crippen molar-refractivity contribution in [3.05, 3.63) is 34.4 Å². The number of rotatable bonds is 8. The van der Waals surface area contributed by atoms with Crippen molar-refractivity contribution in [2.75, 3.05) is 19.6 Å². The maximum Gasteiger partial charge on any atom is 0.0870 e. The Balaban J connectivity index is 1.30. The molecule has 0 atom stereocenters. The van der Waals surface area contributed by atoms with Crippen LogP contribution in [0.25, 0.3) is 0 Å². The molecule has 2 aliphatic carbocycles. The molecule has 1 heterocycles. The van der Waals surface area contributed by atoms with Crippen LogP contribution in [0.4, 0.5) is 0 Å². The lowest BCUT2D eigenvalue weighted by atomic mass is 9.90. The van der Waals surface area contributed by atoms with Gasteiger partial charge in [0.15, 0.2) is 0 Å². The Morgan fingerprint density at radius 3 is 2.58 bits per heavy atom. The molecular weight excluding hydrogens is 320 g/mol. The van der Waals surface area contributed by atoms with Crippen LogP contribution in [-0.2, 0) is 12.8 Å². The number of benzene rings is 1. The molecule has 1 saturated heterocycles. The van der Waals surface area contributed by atoms with Crippen molar-refractivity contribution in [3.8, 4) is 12.3 Å². The normalized spacial score (nSPS) is 20.7.